The van der Waals surface area contributed by atoms with Gasteiger partial charge in [0, 0.05) is 6.42 Å². The zero-order valence-electron chi connectivity index (χ0n) is 12.4. The lowest BCUT2D eigenvalue weighted by Crippen LogP contribution is -2.47. The Hall–Kier alpha value is -1.56. The van der Waals surface area contributed by atoms with Crippen molar-refractivity contribution in [3.05, 3.63) is 29.8 Å². The largest absolute Gasteiger partial charge is 0.497 e. The maximum atomic E-state index is 12.0. The van der Waals surface area contributed by atoms with Crippen LogP contribution in [0.1, 0.15) is 25.3 Å². The fourth-order valence-corrected chi connectivity index (χ4v) is 4.65. The van der Waals surface area contributed by atoms with Gasteiger partial charge >= 0.3 is 0 Å². The molecule has 0 radical (unpaired) electrons. The molecule has 1 aliphatic heterocycles. The maximum Gasteiger partial charge on any atom is 0.220 e. The van der Waals surface area contributed by atoms with Crippen LogP contribution in [0.25, 0.3) is 0 Å². The van der Waals surface area contributed by atoms with Gasteiger partial charge in [0.1, 0.15) is 5.75 Å². The normalized spacial score (nSPS) is 23.7. The minimum absolute atomic E-state index is 0.0360. The number of sulfone groups is 1. The second-order valence-electron chi connectivity index (χ2n) is 5.80. The van der Waals surface area contributed by atoms with Crippen molar-refractivity contribution in [2.24, 2.45) is 0 Å². The monoisotopic (exact) mass is 311 g/mol. The molecule has 21 heavy (non-hydrogen) atoms. The Balaban J connectivity index is 1.84. The summed E-state index contributed by atoms with van der Waals surface area (Å²) in [5, 5.41) is 2.86. The molecule has 0 spiro atoms. The molecule has 0 bridgehead atoms. The molecular weight excluding hydrogens is 290 g/mol. The van der Waals surface area contributed by atoms with Crippen LogP contribution in [-0.2, 0) is 21.1 Å². The van der Waals surface area contributed by atoms with Crippen LogP contribution >= 0.6 is 0 Å². The number of methoxy groups -OCH3 is 1. The summed E-state index contributed by atoms with van der Waals surface area (Å²) in [6.45, 7) is 1.79. The molecule has 1 amide bonds. The Morgan fingerprint density at radius 1 is 1.33 bits per heavy atom. The average molecular weight is 311 g/mol. The van der Waals surface area contributed by atoms with Gasteiger partial charge in [-0.2, -0.15) is 0 Å². The highest BCUT2D eigenvalue weighted by Crippen LogP contribution is 2.23. The molecule has 1 fully saturated rings. The Kier molecular flexibility index (Phi) is 4.56. The van der Waals surface area contributed by atoms with Gasteiger partial charge in [-0.1, -0.05) is 12.1 Å². The minimum atomic E-state index is -3.00. The van der Waals surface area contributed by atoms with E-state index in [2.05, 4.69) is 5.32 Å². The van der Waals surface area contributed by atoms with Crippen LogP contribution in [0.4, 0.5) is 0 Å². The fourth-order valence-electron chi connectivity index (χ4n) is 2.56. The fraction of sp³-hybridized carbons (Fsp3) is 0.533. The van der Waals surface area contributed by atoms with E-state index in [0.29, 0.717) is 19.3 Å². The number of carbonyl (C=O) groups excluding carboxylic acids is 1. The minimum Gasteiger partial charge on any atom is -0.497 e. The standard InChI is InChI=1S/C15H21NO4S/c1-15(9-10-21(18,19)11-15)16-14(17)8-5-12-3-6-13(20-2)7-4-12/h3-4,6-7H,5,8-11H2,1-2H3,(H,16,17)/t15-/m1/s1. The Morgan fingerprint density at radius 2 is 2.00 bits per heavy atom. The van der Waals surface area contributed by atoms with Gasteiger partial charge in [-0.05, 0) is 37.5 Å². The first-order chi connectivity index (χ1) is 9.82. The van der Waals surface area contributed by atoms with Crippen LogP contribution < -0.4 is 10.1 Å². The van der Waals surface area contributed by atoms with E-state index in [4.69, 9.17) is 4.74 Å². The molecule has 5 nitrogen and oxygen atoms in total. The average Bonchev–Trinajstić information content (AvgIpc) is 2.70. The van der Waals surface area contributed by atoms with E-state index >= 15 is 0 Å². The molecule has 6 heteroatoms. The number of hydrogen-bond acceptors (Lipinski definition) is 4. The summed E-state index contributed by atoms with van der Waals surface area (Å²) in [5.74, 6) is 0.869. The zero-order valence-corrected chi connectivity index (χ0v) is 13.2. The van der Waals surface area contributed by atoms with Gasteiger partial charge in [0.15, 0.2) is 9.84 Å². The molecule has 1 aromatic carbocycles. The van der Waals surface area contributed by atoms with Gasteiger partial charge in [-0.3, -0.25) is 4.79 Å². The van der Waals surface area contributed by atoms with E-state index in [9.17, 15) is 13.2 Å². The predicted octanol–water partition coefficient (Wildman–Crippen LogP) is 1.32. The lowest BCUT2D eigenvalue weighted by molar-refractivity contribution is -0.122. The number of ether oxygens (including phenoxy) is 1. The number of carbonyl (C=O) groups is 1. The highest BCUT2D eigenvalue weighted by molar-refractivity contribution is 7.91. The lowest BCUT2D eigenvalue weighted by atomic mass is 10.0. The first kappa shape index (κ1) is 15.8. The van der Waals surface area contributed by atoms with Crippen LogP contribution in [0.5, 0.6) is 5.75 Å². The van der Waals surface area contributed by atoms with Crippen molar-refractivity contribution >= 4 is 15.7 Å². The Bertz CT molecular complexity index is 609. The van der Waals surface area contributed by atoms with Crippen molar-refractivity contribution in [3.63, 3.8) is 0 Å². The smallest absolute Gasteiger partial charge is 0.220 e. The molecule has 1 atom stereocenters. The maximum absolute atomic E-state index is 12.0. The van der Waals surface area contributed by atoms with E-state index in [1.807, 2.05) is 24.3 Å². The summed E-state index contributed by atoms with van der Waals surface area (Å²) in [7, 11) is -1.39. The summed E-state index contributed by atoms with van der Waals surface area (Å²) in [6.07, 6.45) is 1.46. The molecule has 0 saturated carbocycles. The van der Waals surface area contributed by atoms with Gasteiger partial charge in [-0.15, -0.1) is 0 Å². The first-order valence-corrected chi connectivity index (χ1v) is 8.78. The van der Waals surface area contributed by atoms with Gasteiger partial charge in [-0.25, -0.2) is 8.42 Å². The predicted molar refractivity (Wildman–Crippen MR) is 81.1 cm³/mol. The quantitative estimate of drug-likeness (QED) is 0.890. The molecule has 116 valence electrons. The number of amides is 1. The van der Waals surface area contributed by atoms with Crippen molar-refractivity contribution < 1.29 is 17.9 Å². The van der Waals surface area contributed by atoms with Gasteiger partial charge in [0.05, 0.1) is 24.2 Å². The van der Waals surface area contributed by atoms with Crippen LogP contribution in [-0.4, -0.2) is 38.5 Å². The van der Waals surface area contributed by atoms with Crippen molar-refractivity contribution in [2.45, 2.75) is 31.7 Å². The van der Waals surface area contributed by atoms with E-state index in [-0.39, 0.29) is 17.4 Å². The Labute approximate surface area is 125 Å². The lowest BCUT2D eigenvalue weighted by Gasteiger charge is -2.23. The molecule has 0 aromatic heterocycles. The Morgan fingerprint density at radius 3 is 2.52 bits per heavy atom. The van der Waals surface area contributed by atoms with Gasteiger partial charge < -0.3 is 10.1 Å². The van der Waals surface area contributed by atoms with E-state index < -0.39 is 15.4 Å². The second kappa shape index (κ2) is 6.05. The molecule has 1 N–H and O–H groups in total. The third-order valence-corrected chi connectivity index (χ3v) is 5.65. The number of hydrogen-bond donors (Lipinski definition) is 1. The summed E-state index contributed by atoms with van der Waals surface area (Å²) in [4.78, 5) is 12.0. The van der Waals surface area contributed by atoms with Crippen LogP contribution in [0, 0.1) is 0 Å². The summed E-state index contributed by atoms with van der Waals surface area (Å²) in [6, 6.07) is 7.57. The third kappa shape index (κ3) is 4.46. The molecule has 1 aliphatic rings. The van der Waals surface area contributed by atoms with E-state index in [1.165, 1.54) is 0 Å². The summed E-state index contributed by atoms with van der Waals surface area (Å²) in [5.41, 5.74) is 0.436. The van der Waals surface area contributed by atoms with Crippen molar-refractivity contribution in [2.75, 3.05) is 18.6 Å². The van der Waals surface area contributed by atoms with Crippen molar-refractivity contribution in [1.82, 2.24) is 5.32 Å². The zero-order chi connectivity index (χ0) is 15.5. The topological polar surface area (TPSA) is 72.5 Å². The number of rotatable bonds is 5. The summed E-state index contributed by atoms with van der Waals surface area (Å²) >= 11 is 0. The first-order valence-electron chi connectivity index (χ1n) is 6.96. The SMILES string of the molecule is COc1ccc(CCC(=O)N[C@]2(C)CCS(=O)(=O)C2)cc1. The molecule has 1 heterocycles. The molecule has 0 unspecified atom stereocenters. The second-order valence-corrected chi connectivity index (χ2v) is 7.98. The van der Waals surface area contributed by atoms with Crippen LogP contribution in [0.15, 0.2) is 24.3 Å². The number of aryl methyl sites for hydroxylation is 1. The molecule has 2 rings (SSSR count). The molecule has 0 aliphatic carbocycles. The molecular formula is C15H21NO4S. The van der Waals surface area contributed by atoms with Crippen molar-refractivity contribution in [1.29, 1.82) is 0 Å². The third-order valence-electron chi connectivity index (χ3n) is 3.74. The van der Waals surface area contributed by atoms with Crippen LogP contribution in [0.2, 0.25) is 0 Å². The molecule has 1 aromatic rings. The van der Waals surface area contributed by atoms with E-state index in [1.54, 1.807) is 14.0 Å². The van der Waals surface area contributed by atoms with E-state index in [0.717, 1.165) is 11.3 Å². The van der Waals surface area contributed by atoms with Gasteiger partial charge in [0.2, 0.25) is 5.91 Å². The van der Waals surface area contributed by atoms with Gasteiger partial charge in [0.25, 0.3) is 0 Å². The van der Waals surface area contributed by atoms with Crippen LogP contribution in [0.3, 0.4) is 0 Å². The van der Waals surface area contributed by atoms with Crippen molar-refractivity contribution in [3.8, 4) is 5.75 Å². The number of nitrogens with one attached hydrogen (secondary N) is 1. The highest BCUT2D eigenvalue weighted by atomic mass is 32.2. The highest BCUT2D eigenvalue weighted by Gasteiger charge is 2.39. The summed E-state index contributed by atoms with van der Waals surface area (Å²) < 4.78 is 28.1. The number of benzene rings is 1. The molecule has 1 saturated heterocycles.